The Morgan fingerprint density at radius 3 is 0.985 bits per heavy atom. The normalized spacial score (nSPS) is 12.8. The maximum absolute atomic E-state index is 12.3. The summed E-state index contributed by atoms with van der Waals surface area (Å²) in [5.41, 5.74) is 0. The Morgan fingerprint density at radius 2 is 0.652 bits per heavy atom. The van der Waals surface area contributed by atoms with Crippen LogP contribution in [0.25, 0.3) is 0 Å². The van der Waals surface area contributed by atoms with E-state index >= 15 is 0 Å². The Balaban J connectivity index is 3.47. The molecule has 5 nitrogen and oxygen atoms in total. The number of rotatable bonds is 51. The van der Waals surface area contributed by atoms with Crippen molar-refractivity contribution < 1.29 is 24.2 Å². The van der Waals surface area contributed by atoms with Gasteiger partial charge in [0.15, 0.2) is 6.10 Å². The first-order valence-corrected chi connectivity index (χ1v) is 28.1. The number of hydrogen-bond acceptors (Lipinski definition) is 5. The lowest BCUT2D eigenvalue weighted by Gasteiger charge is -2.15. The number of hydrogen-bond donors (Lipinski definition) is 1. The highest BCUT2D eigenvalue weighted by molar-refractivity contribution is 5.70. The fourth-order valence-electron chi connectivity index (χ4n) is 7.97. The predicted molar refractivity (Wildman–Crippen MR) is 288 cm³/mol. The molecule has 0 aromatic carbocycles. The van der Waals surface area contributed by atoms with Crippen molar-refractivity contribution in [3.05, 3.63) is 85.1 Å². The van der Waals surface area contributed by atoms with E-state index in [1.807, 2.05) is 0 Å². The van der Waals surface area contributed by atoms with Gasteiger partial charge in [0.2, 0.25) is 0 Å². The number of carbonyl (C=O) groups excluding carboxylic acids is 2. The minimum absolute atomic E-state index is 0.0685. The predicted octanol–water partition coefficient (Wildman–Crippen LogP) is 19.0. The van der Waals surface area contributed by atoms with E-state index in [2.05, 4.69) is 98.9 Å². The number of aliphatic hydroxyl groups is 1. The van der Waals surface area contributed by atoms with Gasteiger partial charge in [-0.25, -0.2) is 0 Å². The second-order valence-electron chi connectivity index (χ2n) is 18.6. The molecule has 0 bridgehead atoms. The van der Waals surface area contributed by atoms with Crippen LogP contribution >= 0.6 is 0 Å². The molecule has 0 saturated heterocycles. The monoisotopic (exact) mass is 919 g/mol. The van der Waals surface area contributed by atoms with Gasteiger partial charge in [-0.3, -0.25) is 9.59 Å². The summed E-state index contributed by atoms with van der Waals surface area (Å²) in [4.78, 5) is 24.5. The molecule has 1 unspecified atom stereocenters. The largest absolute Gasteiger partial charge is 0.462 e. The smallest absolute Gasteiger partial charge is 0.306 e. The van der Waals surface area contributed by atoms with Crippen molar-refractivity contribution in [2.75, 3.05) is 13.2 Å². The van der Waals surface area contributed by atoms with Gasteiger partial charge in [-0.1, -0.05) is 253 Å². The SMILES string of the molecule is CC/C=C\C/C=C\C/C=C\C/C=C\C/C=C\CCCCCCCCCCCCCCCCCCCC(=O)OC(CO)COC(=O)CCCCCCCCCCC/C=C\C/C=C\CCCCC. The molecule has 0 heterocycles. The van der Waals surface area contributed by atoms with Crippen molar-refractivity contribution in [1.29, 1.82) is 0 Å². The summed E-state index contributed by atoms with van der Waals surface area (Å²) < 4.78 is 10.7. The molecule has 5 heteroatoms. The Labute approximate surface area is 409 Å². The van der Waals surface area contributed by atoms with Gasteiger partial charge in [0, 0.05) is 12.8 Å². The van der Waals surface area contributed by atoms with E-state index in [1.165, 1.54) is 167 Å². The second-order valence-corrected chi connectivity index (χ2v) is 18.6. The second kappa shape index (κ2) is 56.4. The van der Waals surface area contributed by atoms with Crippen LogP contribution in [0.3, 0.4) is 0 Å². The van der Waals surface area contributed by atoms with Crippen molar-refractivity contribution >= 4 is 11.9 Å². The van der Waals surface area contributed by atoms with Gasteiger partial charge in [-0.2, -0.15) is 0 Å². The molecule has 0 spiro atoms. The fourth-order valence-corrected chi connectivity index (χ4v) is 7.97. The zero-order valence-corrected chi connectivity index (χ0v) is 43.4. The highest BCUT2D eigenvalue weighted by Gasteiger charge is 2.16. The Kier molecular flexibility index (Phi) is 53.9. The lowest BCUT2D eigenvalue weighted by Crippen LogP contribution is -2.28. The summed E-state index contributed by atoms with van der Waals surface area (Å²) in [6.07, 6.45) is 78.4. The first-order chi connectivity index (χ1) is 32.6. The standard InChI is InChI=1S/C61H106O5/c1-3-5-7-9-11-13-15-17-19-21-23-24-25-26-27-28-29-30-31-32-33-34-35-36-38-40-42-44-46-48-50-52-54-56-61(64)66-59(57-62)58-65-60(63)55-53-51-49-47-45-43-41-39-37-22-20-18-16-14-12-10-8-6-4-2/h5,7,11-14,17-20,23-24,26-27,59,62H,3-4,6,8-10,15-16,21-22,25,28-58H2,1-2H3/b7-5-,13-11-,14-12-,19-17-,20-18-,24-23-,27-26-. The average molecular weight is 920 g/mol. The van der Waals surface area contributed by atoms with Crippen LogP contribution in [0.5, 0.6) is 0 Å². The molecule has 0 aromatic rings. The van der Waals surface area contributed by atoms with Gasteiger partial charge < -0.3 is 14.6 Å². The van der Waals surface area contributed by atoms with Gasteiger partial charge in [0.25, 0.3) is 0 Å². The zero-order chi connectivity index (χ0) is 47.7. The molecule has 1 N–H and O–H groups in total. The van der Waals surface area contributed by atoms with Crippen molar-refractivity contribution in [1.82, 2.24) is 0 Å². The molecular formula is C61H106O5. The molecule has 0 rings (SSSR count). The third-order valence-electron chi connectivity index (χ3n) is 12.2. The van der Waals surface area contributed by atoms with Crippen LogP contribution in [0.15, 0.2) is 85.1 Å². The number of aliphatic hydroxyl groups excluding tert-OH is 1. The van der Waals surface area contributed by atoms with Gasteiger partial charge in [-0.05, 0) is 89.9 Å². The van der Waals surface area contributed by atoms with Crippen LogP contribution < -0.4 is 0 Å². The van der Waals surface area contributed by atoms with Crippen molar-refractivity contribution in [3.63, 3.8) is 0 Å². The lowest BCUT2D eigenvalue weighted by atomic mass is 10.0. The van der Waals surface area contributed by atoms with E-state index in [9.17, 15) is 14.7 Å². The Morgan fingerprint density at radius 1 is 0.364 bits per heavy atom. The van der Waals surface area contributed by atoms with Crippen LogP contribution in [0.1, 0.15) is 271 Å². The van der Waals surface area contributed by atoms with E-state index in [1.54, 1.807) is 0 Å². The number of carbonyl (C=O) groups is 2. The van der Waals surface area contributed by atoms with Crippen LogP contribution in [0, 0.1) is 0 Å². The molecule has 0 aliphatic rings. The Hall–Kier alpha value is -2.92. The molecule has 1 atom stereocenters. The first-order valence-electron chi connectivity index (χ1n) is 28.1. The topological polar surface area (TPSA) is 72.8 Å². The van der Waals surface area contributed by atoms with E-state index in [4.69, 9.17) is 9.47 Å². The molecule has 380 valence electrons. The van der Waals surface area contributed by atoms with E-state index in [-0.39, 0.29) is 25.2 Å². The average Bonchev–Trinajstić information content (AvgIpc) is 3.32. The summed E-state index contributed by atoms with van der Waals surface area (Å²) in [5.74, 6) is -0.589. The van der Waals surface area contributed by atoms with Gasteiger partial charge in [0.1, 0.15) is 6.61 Å². The molecule has 0 aliphatic carbocycles. The van der Waals surface area contributed by atoms with Crippen molar-refractivity contribution in [2.45, 2.75) is 277 Å². The first kappa shape index (κ1) is 63.1. The number of ether oxygens (including phenoxy) is 2. The van der Waals surface area contributed by atoms with Crippen molar-refractivity contribution in [2.24, 2.45) is 0 Å². The summed E-state index contributed by atoms with van der Waals surface area (Å²) in [7, 11) is 0. The molecule has 0 radical (unpaired) electrons. The Bertz CT molecular complexity index is 1220. The molecule has 0 fully saturated rings. The van der Waals surface area contributed by atoms with Crippen LogP contribution in [-0.2, 0) is 19.1 Å². The van der Waals surface area contributed by atoms with E-state index < -0.39 is 6.10 Å². The molecule has 0 aromatic heterocycles. The van der Waals surface area contributed by atoms with Crippen LogP contribution in [0.2, 0.25) is 0 Å². The summed E-state index contributed by atoms with van der Waals surface area (Å²) >= 11 is 0. The van der Waals surface area contributed by atoms with Crippen molar-refractivity contribution in [3.8, 4) is 0 Å². The summed E-state index contributed by atoms with van der Waals surface area (Å²) in [6.45, 7) is 4.02. The molecule has 0 amide bonds. The highest BCUT2D eigenvalue weighted by atomic mass is 16.6. The molecule has 0 aliphatic heterocycles. The zero-order valence-electron chi connectivity index (χ0n) is 43.4. The minimum atomic E-state index is -0.777. The minimum Gasteiger partial charge on any atom is -0.462 e. The summed E-state index contributed by atoms with van der Waals surface area (Å²) in [5, 5.41) is 9.65. The quantitative estimate of drug-likeness (QED) is 0.0374. The van der Waals surface area contributed by atoms with Gasteiger partial charge in [-0.15, -0.1) is 0 Å². The summed E-state index contributed by atoms with van der Waals surface area (Å²) in [6, 6.07) is 0. The molecular weight excluding hydrogens is 813 g/mol. The van der Waals surface area contributed by atoms with Crippen LogP contribution in [0.4, 0.5) is 0 Å². The molecule has 0 saturated carbocycles. The highest BCUT2D eigenvalue weighted by Crippen LogP contribution is 2.16. The maximum Gasteiger partial charge on any atom is 0.306 e. The number of unbranched alkanes of at least 4 members (excludes halogenated alkanes) is 29. The van der Waals surface area contributed by atoms with Gasteiger partial charge in [0.05, 0.1) is 6.61 Å². The van der Waals surface area contributed by atoms with E-state index in [0.717, 1.165) is 77.0 Å². The van der Waals surface area contributed by atoms with E-state index in [0.29, 0.717) is 12.8 Å². The lowest BCUT2D eigenvalue weighted by molar-refractivity contribution is -0.161. The molecule has 66 heavy (non-hydrogen) atoms. The number of esters is 2. The third kappa shape index (κ3) is 53.7. The van der Waals surface area contributed by atoms with Gasteiger partial charge >= 0.3 is 11.9 Å². The fraction of sp³-hybridized carbons (Fsp3) is 0.738. The number of allylic oxidation sites excluding steroid dienone is 14. The maximum atomic E-state index is 12.3. The third-order valence-corrected chi connectivity index (χ3v) is 12.2. The van der Waals surface area contributed by atoms with Crippen LogP contribution in [-0.4, -0.2) is 36.4 Å².